The Bertz CT molecular complexity index is 776. The van der Waals surface area contributed by atoms with Crippen LogP contribution in [0.1, 0.15) is 11.1 Å². The van der Waals surface area contributed by atoms with E-state index in [9.17, 15) is 4.79 Å². The molecule has 3 rings (SSSR count). The molecule has 0 atom stereocenters. The summed E-state index contributed by atoms with van der Waals surface area (Å²) < 4.78 is 17.6. The maximum Gasteiger partial charge on any atom is 0.262 e. The Kier molecular flexibility index (Phi) is 4.94. The third kappa shape index (κ3) is 3.82. The fourth-order valence-corrected chi connectivity index (χ4v) is 2.83. The van der Waals surface area contributed by atoms with E-state index < -0.39 is 0 Å². The normalized spacial score (nSPS) is 12.6. The molecule has 0 saturated heterocycles. The molecule has 0 spiro atoms. The lowest BCUT2D eigenvalue weighted by Crippen LogP contribution is -2.21. The van der Waals surface area contributed by atoms with Crippen molar-refractivity contribution in [3.63, 3.8) is 0 Å². The summed E-state index contributed by atoms with van der Waals surface area (Å²) in [5.74, 6) is 1.80. The highest BCUT2D eigenvalue weighted by atomic mass is 79.9. The summed E-state index contributed by atoms with van der Waals surface area (Å²) in [6.45, 7) is 4.91. The highest BCUT2D eigenvalue weighted by Crippen LogP contribution is 2.32. The third-order valence-corrected chi connectivity index (χ3v) is 4.50. The number of halogens is 1. The van der Waals surface area contributed by atoms with E-state index in [0.717, 1.165) is 15.6 Å². The molecule has 0 radical (unpaired) electrons. The van der Waals surface area contributed by atoms with Crippen LogP contribution in [-0.4, -0.2) is 25.7 Å². The second-order valence-electron chi connectivity index (χ2n) is 5.56. The van der Waals surface area contributed by atoms with Crippen LogP contribution in [0.3, 0.4) is 0 Å². The zero-order valence-corrected chi connectivity index (χ0v) is 15.1. The largest absolute Gasteiger partial charge is 0.486 e. The zero-order chi connectivity index (χ0) is 17.1. The number of hydrogen-bond donors (Lipinski definition) is 1. The Morgan fingerprint density at radius 3 is 2.67 bits per heavy atom. The average Bonchev–Trinajstić information content (AvgIpc) is 2.57. The van der Waals surface area contributed by atoms with Crippen molar-refractivity contribution in [1.82, 2.24) is 0 Å². The fourth-order valence-electron chi connectivity index (χ4n) is 2.37. The van der Waals surface area contributed by atoms with E-state index in [-0.39, 0.29) is 12.5 Å². The van der Waals surface area contributed by atoms with Crippen LogP contribution in [0.25, 0.3) is 0 Å². The van der Waals surface area contributed by atoms with Crippen LogP contribution in [0.5, 0.6) is 17.2 Å². The number of rotatable bonds is 4. The minimum Gasteiger partial charge on any atom is -0.486 e. The Hall–Kier alpha value is -2.21. The molecule has 24 heavy (non-hydrogen) atoms. The summed E-state index contributed by atoms with van der Waals surface area (Å²) >= 11 is 3.48. The number of anilines is 1. The van der Waals surface area contributed by atoms with Gasteiger partial charge in [-0.15, -0.1) is 0 Å². The van der Waals surface area contributed by atoms with Gasteiger partial charge in [-0.3, -0.25) is 4.79 Å². The molecule has 0 aromatic heterocycles. The first kappa shape index (κ1) is 16.6. The molecule has 0 aliphatic carbocycles. The van der Waals surface area contributed by atoms with Gasteiger partial charge >= 0.3 is 0 Å². The smallest absolute Gasteiger partial charge is 0.262 e. The summed E-state index contributed by atoms with van der Waals surface area (Å²) in [4.78, 5) is 12.1. The lowest BCUT2D eigenvalue weighted by Gasteiger charge is -2.19. The van der Waals surface area contributed by atoms with Gasteiger partial charge in [0.25, 0.3) is 5.91 Å². The van der Waals surface area contributed by atoms with E-state index in [1.807, 2.05) is 26.0 Å². The van der Waals surface area contributed by atoms with Gasteiger partial charge in [0.1, 0.15) is 19.0 Å². The van der Waals surface area contributed by atoms with Crippen molar-refractivity contribution in [1.29, 1.82) is 0 Å². The van der Waals surface area contributed by atoms with Crippen LogP contribution < -0.4 is 19.5 Å². The molecule has 5 nitrogen and oxygen atoms in total. The second kappa shape index (κ2) is 7.13. The monoisotopic (exact) mass is 391 g/mol. The predicted molar refractivity (Wildman–Crippen MR) is 95.2 cm³/mol. The molecule has 6 heteroatoms. The Morgan fingerprint density at radius 2 is 1.88 bits per heavy atom. The number of benzene rings is 2. The second-order valence-corrected chi connectivity index (χ2v) is 6.42. The van der Waals surface area contributed by atoms with E-state index in [0.29, 0.717) is 36.1 Å². The predicted octanol–water partition coefficient (Wildman–Crippen LogP) is 3.85. The van der Waals surface area contributed by atoms with E-state index in [1.54, 1.807) is 18.2 Å². The number of amides is 1. The topological polar surface area (TPSA) is 56.8 Å². The quantitative estimate of drug-likeness (QED) is 0.859. The van der Waals surface area contributed by atoms with Crippen molar-refractivity contribution >= 4 is 27.5 Å². The van der Waals surface area contributed by atoms with E-state index in [2.05, 4.69) is 21.2 Å². The van der Waals surface area contributed by atoms with Crippen LogP contribution in [0.4, 0.5) is 5.69 Å². The molecule has 0 fully saturated rings. The number of fused-ring (bicyclic) bond motifs is 1. The highest BCUT2D eigenvalue weighted by Gasteiger charge is 2.13. The molecule has 0 saturated carbocycles. The van der Waals surface area contributed by atoms with Crippen molar-refractivity contribution in [3.8, 4) is 17.2 Å². The maximum atomic E-state index is 12.1. The number of ether oxygens (including phenoxy) is 3. The molecule has 1 aliphatic rings. The number of nitrogens with one attached hydrogen (secondary N) is 1. The molecule has 1 amide bonds. The summed E-state index contributed by atoms with van der Waals surface area (Å²) in [5.41, 5.74) is 2.68. The molecule has 0 bridgehead atoms. The van der Waals surface area contributed by atoms with Gasteiger partial charge < -0.3 is 19.5 Å². The highest BCUT2D eigenvalue weighted by molar-refractivity contribution is 9.10. The summed E-state index contributed by atoms with van der Waals surface area (Å²) in [5, 5.41) is 2.80. The molecule has 2 aromatic rings. The molecule has 126 valence electrons. The molecule has 0 unspecified atom stereocenters. The summed E-state index contributed by atoms with van der Waals surface area (Å²) in [6, 6.07) is 9.20. The van der Waals surface area contributed by atoms with Gasteiger partial charge in [-0.2, -0.15) is 0 Å². The average molecular weight is 392 g/mol. The minimum atomic E-state index is -0.230. The van der Waals surface area contributed by atoms with Crippen molar-refractivity contribution in [2.24, 2.45) is 0 Å². The Balaban J connectivity index is 1.61. The van der Waals surface area contributed by atoms with Crippen LogP contribution in [0.2, 0.25) is 0 Å². The van der Waals surface area contributed by atoms with Crippen molar-refractivity contribution in [2.45, 2.75) is 13.8 Å². The van der Waals surface area contributed by atoms with Crippen LogP contribution >= 0.6 is 15.9 Å². The van der Waals surface area contributed by atoms with Crippen LogP contribution in [-0.2, 0) is 4.79 Å². The van der Waals surface area contributed by atoms with Gasteiger partial charge in [-0.1, -0.05) is 15.9 Å². The maximum absolute atomic E-state index is 12.1. The van der Waals surface area contributed by atoms with E-state index in [4.69, 9.17) is 14.2 Å². The van der Waals surface area contributed by atoms with Crippen LogP contribution in [0, 0.1) is 13.8 Å². The van der Waals surface area contributed by atoms with Gasteiger partial charge in [0.2, 0.25) is 0 Å². The molecule has 2 aromatic carbocycles. The summed E-state index contributed by atoms with van der Waals surface area (Å²) in [6.07, 6.45) is 0. The molecular weight excluding hydrogens is 374 g/mol. The summed E-state index contributed by atoms with van der Waals surface area (Å²) in [7, 11) is 0. The Labute approximate surface area is 149 Å². The van der Waals surface area contributed by atoms with Gasteiger partial charge in [0.05, 0.1) is 0 Å². The number of hydrogen-bond acceptors (Lipinski definition) is 4. The number of aryl methyl sites for hydroxylation is 2. The van der Waals surface area contributed by atoms with E-state index >= 15 is 0 Å². The fraction of sp³-hybridized carbons (Fsp3) is 0.278. The first-order chi connectivity index (χ1) is 11.5. The van der Waals surface area contributed by atoms with Crippen molar-refractivity contribution in [3.05, 3.63) is 45.9 Å². The zero-order valence-electron chi connectivity index (χ0n) is 13.5. The first-order valence-corrected chi connectivity index (χ1v) is 8.41. The van der Waals surface area contributed by atoms with Crippen LogP contribution in [0.15, 0.2) is 34.8 Å². The number of carbonyl (C=O) groups excluding carboxylic acids is 1. The van der Waals surface area contributed by atoms with Gasteiger partial charge in [-0.05, 0) is 49.2 Å². The molecule has 1 heterocycles. The lowest BCUT2D eigenvalue weighted by atomic mass is 10.1. The lowest BCUT2D eigenvalue weighted by molar-refractivity contribution is -0.118. The first-order valence-electron chi connectivity index (χ1n) is 7.62. The van der Waals surface area contributed by atoms with Crippen molar-refractivity contribution < 1.29 is 19.0 Å². The Morgan fingerprint density at radius 1 is 1.12 bits per heavy atom. The molecule has 1 N–H and O–H groups in total. The molecular formula is C18H18BrNO4. The third-order valence-electron chi connectivity index (χ3n) is 3.64. The minimum absolute atomic E-state index is 0.0592. The van der Waals surface area contributed by atoms with Gasteiger partial charge in [0, 0.05) is 16.2 Å². The standard InChI is InChI=1S/C18H18BrNO4/c1-11-8-16(12(2)7-14(11)19)24-10-18(21)20-13-3-4-15-17(9-13)23-6-5-22-15/h3-4,7-9H,5-6,10H2,1-2H3,(H,20,21). The van der Waals surface area contributed by atoms with E-state index in [1.165, 1.54) is 0 Å². The SMILES string of the molecule is Cc1cc(OCC(=O)Nc2ccc3c(c2)OCCO3)c(C)cc1Br. The van der Waals surface area contributed by atoms with Crippen molar-refractivity contribution in [2.75, 3.05) is 25.1 Å². The molecule has 1 aliphatic heterocycles. The van der Waals surface area contributed by atoms with Gasteiger partial charge in [-0.25, -0.2) is 0 Å². The number of carbonyl (C=O) groups is 1. The van der Waals surface area contributed by atoms with Gasteiger partial charge in [0.15, 0.2) is 18.1 Å².